The van der Waals surface area contributed by atoms with E-state index in [0.29, 0.717) is 46.2 Å². The first-order valence-corrected chi connectivity index (χ1v) is 12.9. The third-order valence-corrected chi connectivity index (χ3v) is 6.64. The van der Waals surface area contributed by atoms with Gasteiger partial charge in [-0.1, -0.05) is 24.3 Å². The van der Waals surface area contributed by atoms with Gasteiger partial charge in [0, 0.05) is 60.6 Å². The van der Waals surface area contributed by atoms with Crippen LogP contribution >= 0.6 is 0 Å². The van der Waals surface area contributed by atoms with E-state index in [9.17, 15) is 9.59 Å². The van der Waals surface area contributed by atoms with E-state index in [1.54, 1.807) is 30.6 Å². The molecule has 0 spiro atoms. The van der Waals surface area contributed by atoms with E-state index in [1.165, 1.54) is 6.08 Å². The van der Waals surface area contributed by atoms with Gasteiger partial charge in [-0.15, -0.1) is 0 Å². The summed E-state index contributed by atoms with van der Waals surface area (Å²) in [5.41, 5.74) is 10.4. The number of nitrogens with one attached hydrogen (secondary N) is 2. The van der Waals surface area contributed by atoms with Gasteiger partial charge in [-0.25, -0.2) is 9.97 Å². The molecule has 3 aromatic heterocycles. The molecule has 1 atom stereocenters. The van der Waals surface area contributed by atoms with Gasteiger partial charge < -0.3 is 25.8 Å². The van der Waals surface area contributed by atoms with E-state index in [0.717, 1.165) is 10.9 Å². The molecule has 0 unspecified atom stereocenters. The van der Waals surface area contributed by atoms with Crippen LogP contribution in [-0.2, 0) is 11.8 Å². The van der Waals surface area contributed by atoms with Crippen LogP contribution in [0.1, 0.15) is 29.1 Å². The molecule has 4 N–H and O–H groups in total. The summed E-state index contributed by atoms with van der Waals surface area (Å²) in [5, 5.41) is 7.06. The Morgan fingerprint density at radius 2 is 1.95 bits per heavy atom. The average molecular weight is 537 g/mol. The summed E-state index contributed by atoms with van der Waals surface area (Å²) >= 11 is 0. The number of aryl methyl sites for hydroxylation is 1. The lowest BCUT2D eigenvalue weighted by Gasteiger charge is -2.12. The molecule has 0 radical (unpaired) electrons. The molecule has 0 aliphatic heterocycles. The highest BCUT2D eigenvalue weighted by Crippen LogP contribution is 2.31. The van der Waals surface area contributed by atoms with E-state index in [-0.39, 0.29) is 11.8 Å². The molecule has 2 amide bonds. The third kappa shape index (κ3) is 5.43. The van der Waals surface area contributed by atoms with Crippen LogP contribution in [-0.4, -0.2) is 56.3 Å². The Morgan fingerprint density at radius 1 is 1.12 bits per heavy atom. The van der Waals surface area contributed by atoms with Crippen molar-refractivity contribution in [2.24, 2.45) is 7.05 Å². The normalized spacial score (nSPS) is 12.4. The van der Waals surface area contributed by atoms with E-state index < -0.39 is 6.04 Å². The molecule has 0 aliphatic rings. The minimum Gasteiger partial charge on any atom is -0.382 e. The predicted octanol–water partition coefficient (Wildman–Crippen LogP) is 4.02. The van der Waals surface area contributed by atoms with Crippen molar-refractivity contribution in [3.8, 4) is 11.3 Å². The Labute approximate surface area is 232 Å². The van der Waals surface area contributed by atoms with Gasteiger partial charge >= 0.3 is 0 Å². The van der Waals surface area contributed by atoms with Gasteiger partial charge in [-0.2, -0.15) is 0 Å². The maximum absolute atomic E-state index is 13.2. The van der Waals surface area contributed by atoms with Gasteiger partial charge in [-0.05, 0) is 56.7 Å². The van der Waals surface area contributed by atoms with Crippen molar-refractivity contribution in [2.45, 2.75) is 13.0 Å². The van der Waals surface area contributed by atoms with Gasteiger partial charge in [0.1, 0.15) is 22.9 Å². The van der Waals surface area contributed by atoms with Crippen molar-refractivity contribution < 1.29 is 9.59 Å². The summed E-state index contributed by atoms with van der Waals surface area (Å²) in [6, 6.07) is 14.6. The fourth-order valence-corrected chi connectivity index (χ4v) is 4.64. The molecule has 2 aromatic carbocycles. The van der Waals surface area contributed by atoms with Gasteiger partial charge in [-0.3, -0.25) is 14.0 Å². The SMILES string of the molecule is C[C@H](NC(=O)/C=C/CN(C)C)c1nc(-c2cccc(C(=O)Nc3ccc4ccn(C)c4c3)c2)c2c(N)nccn12. The number of amides is 2. The molecule has 204 valence electrons. The monoisotopic (exact) mass is 536 g/mol. The van der Waals surface area contributed by atoms with Crippen molar-refractivity contribution in [3.05, 3.63) is 90.7 Å². The summed E-state index contributed by atoms with van der Waals surface area (Å²) in [4.78, 5) is 36.8. The molecule has 0 saturated carbocycles. The van der Waals surface area contributed by atoms with Crippen LogP contribution in [0.15, 0.2) is 79.3 Å². The highest BCUT2D eigenvalue weighted by molar-refractivity contribution is 6.06. The molecular formula is C30H32N8O2. The van der Waals surface area contributed by atoms with E-state index >= 15 is 0 Å². The summed E-state index contributed by atoms with van der Waals surface area (Å²) in [6.45, 7) is 2.52. The summed E-state index contributed by atoms with van der Waals surface area (Å²) in [5.74, 6) is 0.433. The lowest BCUT2D eigenvalue weighted by atomic mass is 10.1. The fraction of sp³-hybridized carbons (Fsp3) is 0.200. The number of aromatic nitrogens is 4. The van der Waals surface area contributed by atoms with E-state index in [1.807, 2.05) is 84.5 Å². The van der Waals surface area contributed by atoms with Crippen LogP contribution in [0.3, 0.4) is 0 Å². The highest BCUT2D eigenvalue weighted by Gasteiger charge is 2.21. The fourth-order valence-electron chi connectivity index (χ4n) is 4.64. The van der Waals surface area contributed by atoms with Crippen LogP contribution in [0.4, 0.5) is 11.5 Å². The Hall–Kier alpha value is -4.96. The first-order chi connectivity index (χ1) is 19.2. The molecule has 10 nitrogen and oxygen atoms in total. The predicted molar refractivity (Wildman–Crippen MR) is 158 cm³/mol. The van der Waals surface area contributed by atoms with Gasteiger partial charge in [0.15, 0.2) is 0 Å². The number of nitrogen functional groups attached to an aromatic ring is 1. The number of nitrogens with two attached hydrogens (primary N) is 1. The lowest BCUT2D eigenvalue weighted by molar-refractivity contribution is -0.117. The number of carbonyl (C=O) groups excluding carboxylic acids is 2. The third-order valence-electron chi connectivity index (χ3n) is 6.64. The minimum absolute atomic E-state index is 0.220. The molecule has 5 rings (SSSR count). The molecule has 0 fully saturated rings. The second-order valence-corrected chi connectivity index (χ2v) is 9.98. The molecule has 5 aromatic rings. The summed E-state index contributed by atoms with van der Waals surface area (Å²) in [6.07, 6.45) is 8.65. The second kappa shape index (κ2) is 11.0. The van der Waals surface area contributed by atoms with Gasteiger partial charge in [0.05, 0.1) is 6.04 Å². The first-order valence-electron chi connectivity index (χ1n) is 12.9. The number of hydrogen-bond acceptors (Lipinski definition) is 6. The number of fused-ring (bicyclic) bond motifs is 2. The van der Waals surface area contributed by atoms with Crippen molar-refractivity contribution in [2.75, 3.05) is 31.7 Å². The standard InChI is InChI=1S/C30H32N8O2/c1-19(33-25(39)9-6-14-36(2)3)29-35-26(27-28(31)32-13-16-38(27)29)21-7-5-8-22(17-21)30(40)34-23-11-10-20-12-15-37(4)24(20)18-23/h5-13,15-19H,14H2,1-4H3,(H2,31,32)(H,33,39)(H,34,40)/b9-6+/t19-/m0/s1. The summed E-state index contributed by atoms with van der Waals surface area (Å²) in [7, 11) is 5.84. The van der Waals surface area contributed by atoms with Crippen molar-refractivity contribution in [1.29, 1.82) is 0 Å². The van der Waals surface area contributed by atoms with Crippen LogP contribution in [0, 0.1) is 0 Å². The number of likely N-dealkylation sites (N-methyl/N-ethyl adjacent to an activating group) is 1. The quantitative estimate of drug-likeness (QED) is 0.258. The van der Waals surface area contributed by atoms with Crippen LogP contribution < -0.4 is 16.4 Å². The maximum atomic E-state index is 13.2. The van der Waals surface area contributed by atoms with Crippen molar-refractivity contribution in [1.82, 2.24) is 29.2 Å². The van der Waals surface area contributed by atoms with Crippen LogP contribution in [0.5, 0.6) is 0 Å². The number of hydrogen-bond donors (Lipinski definition) is 3. The Kier molecular flexibility index (Phi) is 7.35. The topological polar surface area (TPSA) is 123 Å². The molecule has 40 heavy (non-hydrogen) atoms. The average Bonchev–Trinajstić information content (AvgIpc) is 3.50. The number of benzene rings is 2. The van der Waals surface area contributed by atoms with Gasteiger partial charge in [0.2, 0.25) is 5.91 Å². The molecule has 0 saturated heterocycles. The zero-order valence-corrected chi connectivity index (χ0v) is 22.9. The zero-order valence-electron chi connectivity index (χ0n) is 22.9. The van der Waals surface area contributed by atoms with Gasteiger partial charge in [0.25, 0.3) is 5.91 Å². The zero-order chi connectivity index (χ0) is 28.4. The van der Waals surface area contributed by atoms with Crippen LogP contribution in [0.2, 0.25) is 0 Å². The highest BCUT2D eigenvalue weighted by atomic mass is 16.2. The first kappa shape index (κ1) is 26.6. The van der Waals surface area contributed by atoms with E-state index in [2.05, 4.69) is 15.6 Å². The largest absolute Gasteiger partial charge is 0.382 e. The second-order valence-electron chi connectivity index (χ2n) is 9.98. The number of nitrogens with zero attached hydrogens (tertiary/aromatic N) is 5. The number of anilines is 2. The number of imidazole rings is 1. The van der Waals surface area contributed by atoms with Crippen molar-refractivity contribution in [3.63, 3.8) is 0 Å². The Balaban J connectivity index is 1.44. The molecule has 0 bridgehead atoms. The van der Waals surface area contributed by atoms with Crippen LogP contribution in [0.25, 0.3) is 27.7 Å². The number of carbonyl (C=O) groups is 2. The minimum atomic E-state index is -0.418. The molecule has 10 heteroatoms. The van der Waals surface area contributed by atoms with Crippen molar-refractivity contribution >= 4 is 39.7 Å². The van der Waals surface area contributed by atoms with E-state index in [4.69, 9.17) is 10.7 Å². The lowest BCUT2D eigenvalue weighted by Crippen LogP contribution is -2.26. The maximum Gasteiger partial charge on any atom is 0.255 e. The Bertz CT molecular complexity index is 1750. The molecular weight excluding hydrogens is 504 g/mol. The smallest absolute Gasteiger partial charge is 0.255 e. The number of rotatable bonds is 8. The summed E-state index contributed by atoms with van der Waals surface area (Å²) < 4.78 is 3.84. The Morgan fingerprint density at radius 3 is 2.75 bits per heavy atom. The molecule has 3 heterocycles. The molecule has 0 aliphatic carbocycles.